The Morgan fingerprint density at radius 1 is 1.21 bits per heavy atom. The molecule has 0 fully saturated rings. The van der Waals surface area contributed by atoms with Gasteiger partial charge in [0, 0.05) is 0 Å². The molecule has 1 aromatic heterocycles. The van der Waals surface area contributed by atoms with Crippen molar-refractivity contribution in [2.75, 3.05) is 0 Å². The zero-order chi connectivity index (χ0) is 13.9. The van der Waals surface area contributed by atoms with Crippen LogP contribution < -0.4 is 4.72 Å². The molecule has 0 amide bonds. The summed E-state index contributed by atoms with van der Waals surface area (Å²) in [5, 5.41) is 0. The third-order valence-electron chi connectivity index (χ3n) is 2.92. The van der Waals surface area contributed by atoms with Crippen molar-refractivity contribution in [2.45, 2.75) is 31.2 Å². The van der Waals surface area contributed by atoms with Crippen molar-refractivity contribution in [3.05, 3.63) is 54.0 Å². The summed E-state index contributed by atoms with van der Waals surface area (Å²) in [5.74, 6) is 0.623. The molecule has 1 aromatic carbocycles. The lowest BCUT2D eigenvalue weighted by Crippen LogP contribution is -2.28. The number of hydrogen-bond donors (Lipinski definition) is 1. The molecule has 0 radical (unpaired) electrons. The van der Waals surface area contributed by atoms with Gasteiger partial charge in [0.2, 0.25) is 10.0 Å². The zero-order valence-electron chi connectivity index (χ0n) is 11.0. The van der Waals surface area contributed by atoms with Gasteiger partial charge in [-0.15, -0.1) is 0 Å². The van der Waals surface area contributed by atoms with E-state index in [1.165, 1.54) is 6.26 Å². The smallest absolute Gasteiger partial charge is 0.241 e. The van der Waals surface area contributed by atoms with E-state index >= 15 is 0 Å². The Kier molecular flexibility index (Phi) is 4.07. The van der Waals surface area contributed by atoms with E-state index in [0.717, 1.165) is 5.56 Å². The quantitative estimate of drug-likeness (QED) is 0.915. The molecule has 2 rings (SSSR count). The van der Waals surface area contributed by atoms with Crippen LogP contribution in [0.4, 0.5) is 0 Å². The fourth-order valence-corrected chi connectivity index (χ4v) is 3.09. The zero-order valence-corrected chi connectivity index (χ0v) is 11.8. The first-order valence-corrected chi connectivity index (χ1v) is 7.63. The van der Waals surface area contributed by atoms with Crippen LogP contribution >= 0.6 is 0 Å². The number of sulfonamides is 1. The molecule has 1 atom stereocenters. The third kappa shape index (κ3) is 3.24. The molecule has 0 aliphatic heterocycles. The number of rotatable bonds is 5. The van der Waals surface area contributed by atoms with Gasteiger partial charge in [0.25, 0.3) is 0 Å². The van der Waals surface area contributed by atoms with Crippen LogP contribution in [0.3, 0.4) is 0 Å². The summed E-state index contributed by atoms with van der Waals surface area (Å²) < 4.78 is 32.4. The topological polar surface area (TPSA) is 59.3 Å². The third-order valence-corrected chi connectivity index (χ3v) is 4.41. The Morgan fingerprint density at radius 2 is 1.89 bits per heavy atom. The molecule has 0 spiro atoms. The minimum absolute atomic E-state index is 0.267. The van der Waals surface area contributed by atoms with E-state index < -0.39 is 10.0 Å². The lowest BCUT2D eigenvalue weighted by molar-refractivity contribution is 0.437. The standard InChI is InChI=1S/C14H17NO3S/c1-3-13(14-5-4-10-18-14)15-19(16,17)12-8-6-11(2)7-9-12/h4-10,13,15H,3H2,1-2H3/t13-/m1/s1. The maximum absolute atomic E-state index is 12.3. The predicted octanol–water partition coefficient (Wildman–Crippen LogP) is 3.02. The van der Waals surface area contributed by atoms with Gasteiger partial charge in [-0.25, -0.2) is 13.1 Å². The molecular formula is C14H17NO3S. The Bertz CT molecular complexity index is 615. The Hall–Kier alpha value is -1.59. The second-order valence-electron chi connectivity index (χ2n) is 4.41. The Balaban J connectivity index is 2.23. The van der Waals surface area contributed by atoms with Gasteiger partial charge in [0.1, 0.15) is 5.76 Å². The van der Waals surface area contributed by atoms with Crippen molar-refractivity contribution in [3.63, 3.8) is 0 Å². The molecule has 0 bridgehead atoms. The van der Waals surface area contributed by atoms with Gasteiger partial charge in [-0.3, -0.25) is 0 Å². The molecule has 5 heteroatoms. The van der Waals surface area contributed by atoms with Gasteiger partial charge in [-0.2, -0.15) is 0 Å². The minimum Gasteiger partial charge on any atom is -0.468 e. The molecule has 0 saturated heterocycles. The molecule has 1 heterocycles. The lowest BCUT2D eigenvalue weighted by Gasteiger charge is -2.15. The van der Waals surface area contributed by atoms with Gasteiger partial charge in [-0.05, 0) is 37.6 Å². The normalized spacial score (nSPS) is 13.4. The van der Waals surface area contributed by atoms with Crippen molar-refractivity contribution in [3.8, 4) is 0 Å². The Morgan fingerprint density at radius 3 is 2.42 bits per heavy atom. The summed E-state index contributed by atoms with van der Waals surface area (Å²) in [7, 11) is -3.52. The second-order valence-corrected chi connectivity index (χ2v) is 6.12. The van der Waals surface area contributed by atoms with E-state index in [-0.39, 0.29) is 10.9 Å². The SMILES string of the molecule is CC[C@@H](NS(=O)(=O)c1ccc(C)cc1)c1ccco1. The molecule has 1 N–H and O–H groups in total. The summed E-state index contributed by atoms with van der Waals surface area (Å²) in [4.78, 5) is 0.267. The highest BCUT2D eigenvalue weighted by Crippen LogP contribution is 2.20. The van der Waals surface area contributed by atoms with Crippen molar-refractivity contribution < 1.29 is 12.8 Å². The van der Waals surface area contributed by atoms with Gasteiger partial charge in [0.05, 0.1) is 17.2 Å². The summed E-state index contributed by atoms with van der Waals surface area (Å²) >= 11 is 0. The predicted molar refractivity (Wildman–Crippen MR) is 73.2 cm³/mol. The van der Waals surface area contributed by atoms with Crippen molar-refractivity contribution in [1.29, 1.82) is 0 Å². The van der Waals surface area contributed by atoms with Crippen LogP contribution in [0.5, 0.6) is 0 Å². The fourth-order valence-electron chi connectivity index (χ4n) is 1.80. The largest absolute Gasteiger partial charge is 0.468 e. The molecule has 2 aromatic rings. The lowest BCUT2D eigenvalue weighted by atomic mass is 10.2. The van der Waals surface area contributed by atoms with Crippen LogP contribution in [0.1, 0.15) is 30.7 Å². The van der Waals surface area contributed by atoms with Crippen molar-refractivity contribution in [2.24, 2.45) is 0 Å². The average Bonchev–Trinajstić information content (AvgIpc) is 2.90. The minimum atomic E-state index is -3.52. The molecule has 0 aliphatic carbocycles. The number of hydrogen-bond acceptors (Lipinski definition) is 3. The van der Waals surface area contributed by atoms with Crippen LogP contribution in [0.25, 0.3) is 0 Å². The molecular weight excluding hydrogens is 262 g/mol. The van der Waals surface area contributed by atoms with Crippen LogP contribution in [-0.4, -0.2) is 8.42 Å². The molecule has 0 aliphatic rings. The summed E-state index contributed by atoms with van der Waals surface area (Å²) in [5.41, 5.74) is 1.03. The van der Waals surface area contributed by atoms with Crippen LogP contribution in [0, 0.1) is 6.92 Å². The van der Waals surface area contributed by atoms with Gasteiger partial charge in [0.15, 0.2) is 0 Å². The van der Waals surface area contributed by atoms with Crippen LogP contribution in [0.15, 0.2) is 52.0 Å². The molecule has 4 nitrogen and oxygen atoms in total. The van der Waals surface area contributed by atoms with E-state index in [1.807, 2.05) is 13.8 Å². The van der Waals surface area contributed by atoms with E-state index in [2.05, 4.69) is 4.72 Å². The molecule has 0 unspecified atom stereocenters. The maximum Gasteiger partial charge on any atom is 0.241 e. The highest BCUT2D eigenvalue weighted by Gasteiger charge is 2.21. The number of furan rings is 1. The maximum atomic E-state index is 12.3. The monoisotopic (exact) mass is 279 g/mol. The van der Waals surface area contributed by atoms with Crippen molar-refractivity contribution in [1.82, 2.24) is 4.72 Å². The number of benzene rings is 1. The highest BCUT2D eigenvalue weighted by atomic mass is 32.2. The molecule has 0 saturated carbocycles. The van der Waals surface area contributed by atoms with E-state index in [1.54, 1.807) is 36.4 Å². The number of aryl methyl sites for hydroxylation is 1. The summed E-state index contributed by atoms with van der Waals surface area (Å²) in [6.07, 6.45) is 2.16. The first-order chi connectivity index (χ1) is 9.03. The van der Waals surface area contributed by atoms with E-state index in [9.17, 15) is 8.42 Å². The van der Waals surface area contributed by atoms with Gasteiger partial charge in [-0.1, -0.05) is 24.6 Å². The molecule has 102 valence electrons. The van der Waals surface area contributed by atoms with Crippen LogP contribution in [0.2, 0.25) is 0 Å². The van der Waals surface area contributed by atoms with E-state index in [0.29, 0.717) is 12.2 Å². The van der Waals surface area contributed by atoms with Crippen LogP contribution in [-0.2, 0) is 10.0 Å². The number of nitrogens with one attached hydrogen (secondary N) is 1. The fraction of sp³-hybridized carbons (Fsp3) is 0.286. The summed E-state index contributed by atoms with van der Waals surface area (Å²) in [6.45, 7) is 3.83. The van der Waals surface area contributed by atoms with Gasteiger partial charge < -0.3 is 4.42 Å². The highest BCUT2D eigenvalue weighted by molar-refractivity contribution is 7.89. The first-order valence-electron chi connectivity index (χ1n) is 6.15. The Labute approximate surface area is 113 Å². The van der Waals surface area contributed by atoms with Gasteiger partial charge >= 0.3 is 0 Å². The second kappa shape index (κ2) is 5.59. The first kappa shape index (κ1) is 13.8. The molecule has 19 heavy (non-hydrogen) atoms. The van der Waals surface area contributed by atoms with Crippen molar-refractivity contribution >= 4 is 10.0 Å². The van der Waals surface area contributed by atoms with E-state index in [4.69, 9.17) is 4.42 Å². The summed E-state index contributed by atoms with van der Waals surface area (Å²) in [6, 6.07) is 9.94. The average molecular weight is 279 g/mol.